The molecular weight excluding hydrogens is 324 g/mol. The molecule has 2 aromatic heterocycles. The molecule has 4 nitrogen and oxygen atoms in total. The number of aromatic nitrogens is 2. The molecule has 0 amide bonds. The molecule has 24 heavy (non-hydrogen) atoms. The first-order valence-electron chi connectivity index (χ1n) is 7.44. The Morgan fingerprint density at radius 3 is 2.54 bits per heavy atom. The number of ketones is 1. The van der Waals surface area contributed by atoms with Crippen LogP contribution < -0.4 is 5.56 Å². The van der Waals surface area contributed by atoms with E-state index in [1.807, 2.05) is 31.2 Å². The number of aryl methyl sites for hydroxylation is 2. The van der Waals surface area contributed by atoms with Gasteiger partial charge in [-0.1, -0.05) is 47.5 Å². The van der Waals surface area contributed by atoms with E-state index in [1.165, 1.54) is 6.08 Å². The average molecular weight is 339 g/mol. The van der Waals surface area contributed by atoms with Crippen molar-refractivity contribution in [2.24, 2.45) is 0 Å². The van der Waals surface area contributed by atoms with Crippen molar-refractivity contribution < 1.29 is 4.79 Å². The maximum absolute atomic E-state index is 12.5. The highest BCUT2D eigenvalue weighted by molar-refractivity contribution is 6.29. The van der Waals surface area contributed by atoms with E-state index in [2.05, 4.69) is 9.97 Å². The van der Waals surface area contributed by atoms with Crippen LogP contribution in [0.5, 0.6) is 0 Å². The summed E-state index contributed by atoms with van der Waals surface area (Å²) in [5.74, 6) is -0.363. The molecule has 0 aliphatic rings. The molecule has 2 heterocycles. The maximum Gasteiger partial charge on any atom is 0.260 e. The SMILES string of the molecule is Cc1ccc(C=CC(=O)c2c(C)c3nc(Cl)ccc3[nH]c2=O)cc1. The van der Waals surface area contributed by atoms with Gasteiger partial charge in [-0.05, 0) is 43.2 Å². The van der Waals surface area contributed by atoms with Crippen LogP contribution in [-0.2, 0) is 0 Å². The van der Waals surface area contributed by atoms with Crippen molar-refractivity contribution >= 4 is 34.5 Å². The first-order chi connectivity index (χ1) is 11.5. The number of H-pyrrole nitrogens is 1. The predicted molar refractivity (Wildman–Crippen MR) is 96.7 cm³/mol. The zero-order valence-corrected chi connectivity index (χ0v) is 14.0. The largest absolute Gasteiger partial charge is 0.320 e. The minimum absolute atomic E-state index is 0.0839. The molecule has 3 aromatic rings. The van der Waals surface area contributed by atoms with Crippen molar-refractivity contribution in [2.75, 3.05) is 0 Å². The molecule has 0 radical (unpaired) electrons. The van der Waals surface area contributed by atoms with Crippen LogP contribution in [0.15, 0.2) is 47.3 Å². The molecule has 3 rings (SSSR count). The summed E-state index contributed by atoms with van der Waals surface area (Å²) in [6.07, 6.45) is 3.09. The lowest BCUT2D eigenvalue weighted by Gasteiger charge is -2.06. The number of aromatic amines is 1. The smallest absolute Gasteiger partial charge is 0.260 e. The van der Waals surface area contributed by atoms with Crippen LogP contribution in [0.25, 0.3) is 17.1 Å². The lowest BCUT2D eigenvalue weighted by Crippen LogP contribution is -2.19. The predicted octanol–water partition coefficient (Wildman–Crippen LogP) is 4.09. The normalized spacial score (nSPS) is 11.3. The minimum Gasteiger partial charge on any atom is -0.320 e. The van der Waals surface area contributed by atoms with E-state index in [-0.39, 0.29) is 11.3 Å². The van der Waals surface area contributed by atoms with Crippen LogP contribution in [0, 0.1) is 13.8 Å². The second-order valence-corrected chi connectivity index (χ2v) is 5.98. The number of pyridine rings is 2. The summed E-state index contributed by atoms with van der Waals surface area (Å²) < 4.78 is 0. The lowest BCUT2D eigenvalue weighted by molar-refractivity contribution is 0.104. The number of hydrogen-bond acceptors (Lipinski definition) is 3. The molecule has 0 unspecified atom stereocenters. The molecule has 120 valence electrons. The fourth-order valence-electron chi connectivity index (χ4n) is 2.53. The number of hydrogen-bond donors (Lipinski definition) is 1. The van der Waals surface area contributed by atoms with Crippen LogP contribution in [0.3, 0.4) is 0 Å². The Labute approximate surface area is 143 Å². The second kappa shape index (κ2) is 6.42. The van der Waals surface area contributed by atoms with Crippen molar-refractivity contribution in [3.63, 3.8) is 0 Å². The van der Waals surface area contributed by atoms with E-state index < -0.39 is 5.56 Å². The van der Waals surface area contributed by atoms with Crippen molar-refractivity contribution in [2.45, 2.75) is 13.8 Å². The summed E-state index contributed by atoms with van der Waals surface area (Å²) in [5.41, 5.74) is 3.29. The van der Waals surface area contributed by atoms with Crippen LogP contribution in [-0.4, -0.2) is 15.8 Å². The third-order valence-corrected chi connectivity index (χ3v) is 4.03. The Morgan fingerprint density at radius 1 is 1.12 bits per heavy atom. The molecule has 0 saturated heterocycles. The van der Waals surface area contributed by atoms with Crippen molar-refractivity contribution in [1.82, 2.24) is 9.97 Å². The molecule has 0 aliphatic carbocycles. The Kier molecular flexibility index (Phi) is 4.32. The van der Waals surface area contributed by atoms with Crippen LogP contribution in [0.1, 0.15) is 27.0 Å². The van der Waals surface area contributed by atoms with Gasteiger partial charge in [-0.3, -0.25) is 9.59 Å². The number of rotatable bonds is 3. The molecule has 0 spiro atoms. The highest BCUT2D eigenvalue weighted by Crippen LogP contribution is 2.18. The summed E-state index contributed by atoms with van der Waals surface area (Å²) in [7, 11) is 0. The third kappa shape index (κ3) is 3.14. The first kappa shape index (κ1) is 16.1. The quantitative estimate of drug-likeness (QED) is 0.444. The zero-order chi connectivity index (χ0) is 17.3. The fraction of sp³-hybridized carbons (Fsp3) is 0.105. The number of carbonyl (C=O) groups excluding carboxylic acids is 1. The van der Waals surface area contributed by atoms with Gasteiger partial charge in [0.2, 0.25) is 0 Å². The van der Waals surface area contributed by atoms with Gasteiger partial charge in [0.25, 0.3) is 5.56 Å². The van der Waals surface area contributed by atoms with E-state index in [1.54, 1.807) is 25.1 Å². The fourth-order valence-corrected chi connectivity index (χ4v) is 2.67. The Balaban J connectivity index is 2.03. The highest BCUT2D eigenvalue weighted by Gasteiger charge is 2.15. The van der Waals surface area contributed by atoms with E-state index in [9.17, 15) is 9.59 Å². The standard InChI is InChI=1S/C19H15ClN2O2/c1-11-3-5-13(6-4-11)7-9-15(23)17-12(2)18-14(21-19(17)24)8-10-16(20)22-18/h3-10H,1-2H3,(H,21,24). The van der Waals surface area contributed by atoms with Gasteiger partial charge in [0.05, 0.1) is 16.6 Å². The molecule has 0 saturated carbocycles. The Morgan fingerprint density at radius 2 is 1.83 bits per heavy atom. The number of halogens is 1. The summed E-state index contributed by atoms with van der Waals surface area (Å²) in [6, 6.07) is 11.0. The molecule has 1 N–H and O–H groups in total. The minimum atomic E-state index is -0.428. The highest BCUT2D eigenvalue weighted by atomic mass is 35.5. The van der Waals surface area contributed by atoms with Crippen molar-refractivity contribution in [3.05, 3.63) is 80.2 Å². The summed E-state index contributed by atoms with van der Waals surface area (Å²) >= 11 is 5.91. The lowest BCUT2D eigenvalue weighted by atomic mass is 10.0. The van der Waals surface area contributed by atoms with E-state index >= 15 is 0 Å². The molecule has 0 atom stereocenters. The molecule has 0 bridgehead atoms. The number of nitrogens with one attached hydrogen (secondary N) is 1. The first-order valence-corrected chi connectivity index (χ1v) is 7.82. The topological polar surface area (TPSA) is 62.8 Å². The van der Waals surface area contributed by atoms with Crippen LogP contribution in [0.4, 0.5) is 0 Å². The zero-order valence-electron chi connectivity index (χ0n) is 13.3. The number of nitrogens with zero attached hydrogens (tertiary/aromatic N) is 1. The third-order valence-electron chi connectivity index (χ3n) is 3.82. The monoisotopic (exact) mass is 338 g/mol. The van der Waals surface area contributed by atoms with Crippen molar-refractivity contribution in [1.29, 1.82) is 0 Å². The number of carbonyl (C=O) groups is 1. The van der Waals surface area contributed by atoms with Gasteiger partial charge in [0.15, 0.2) is 5.78 Å². The molecule has 1 aromatic carbocycles. The van der Waals surface area contributed by atoms with E-state index in [0.29, 0.717) is 21.7 Å². The molecule has 0 aliphatic heterocycles. The molecule has 5 heteroatoms. The van der Waals surface area contributed by atoms with Gasteiger partial charge in [-0.25, -0.2) is 4.98 Å². The van der Waals surface area contributed by atoms with E-state index in [0.717, 1.165) is 11.1 Å². The van der Waals surface area contributed by atoms with Gasteiger partial charge >= 0.3 is 0 Å². The van der Waals surface area contributed by atoms with E-state index in [4.69, 9.17) is 11.6 Å². The van der Waals surface area contributed by atoms with Gasteiger partial charge in [0.1, 0.15) is 5.15 Å². The van der Waals surface area contributed by atoms with Gasteiger partial charge in [0, 0.05) is 0 Å². The van der Waals surface area contributed by atoms with Crippen molar-refractivity contribution in [3.8, 4) is 0 Å². The maximum atomic E-state index is 12.5. The van der Waals surface area contributed by atoms with Crippen LogP contribution >= 0.6 is 11.6 Å². The summed E-state index contributed by atoms with van der Waals surface area (Å²) in [6.45, 7) is 3.70. The Hall–Kier alpha value is -2.72. The second-order valence-electron chi connectivity index (χ2n) is 5.59. The number of benzene rings is 1. The number of allylic oxidation sites excluding steroid dienone is 1. The summed E-state index contributed by atoms with van der Waals surface area (Å²) in [5, 5.41) is 0.311. The van der Waals surface area contributed by atoms with Gasteiger partial charge in [-0.15, -0.1) is 0 Å². The average Bonchev–Trinajstić information content (AvgIpc) is 2.55. The number of fused-ring (bicyclic) bond motifs is 1. The van der Waals surface area contributed by atoms with Gasteiger partial charge in [-0.2, -0.15) is 0 Å². The molecular formula is C19H15ClN2O2. The molecule has 0 fully saturated rings. The van der Waals surface area contributed by atoms with Crippen LogP contribution in [0.2, 0.25) is 5.15 Å². The summed E-state index contributed by atoms with van der Waals surface area (Å²) in [4.78, 5) is 31.6. The van der Waals surface area contributed by atoms with Gasteiger partial charge < -0.3 is 4.98 Å². The Bertz CT molecular complexity index is 1020.